The third kappa shape index (κ3) is 4.29. The molecule has 0 saturated heterocycles. The van der Waals surface area contributed by atoms with Gasteiger partial charge in [-0.3, -0.25) is 19.6 Å². The number of rotatable bonds is 5. The smallest absolute Gasteiger partial charge is 0.272 e. The number of benzene rings is 2. The molecule has 0 aliphatic carbocycles. The van der Waals surface area contributed by atoms with Gasteiger partial charge in [0.15, 0.2) is 0 Å². The van der Waals surface area contributed by atoms with Gasteiger partial charge in [0.1, 0.15) is 5.82 Å². The van der Waals surface area contributed by atoms with E-state index in [1.54, 1.807) is 23.9 Å². The van der Waals surface area contributed by atoms with Gasteiger partial charge in [-0.05, 0) is 36.8 Å². The Morgan fingerprint density at radius 3 is 2.78 bits per heavy atom. The molecule has 0 aliphatic heterocycles. The highest BCUT2D eigenvalue weighted by Crippen LogP contribution is 2.21. The number of nitrogens with one attached hydrogen (secondary N) is 1. The Morgan fingerprint density at radius 1 is 1.33 bits per heavy atom. The first-order chi connectivity index (χ1) is 12.8. The third-order valence-electron chi connectivity index (χ3n) is 3.89. The lowest BCUT2D eigenvalue weighted by Gasteiger charge is -2.05. The van der Waals surface area contributed by atoms with Crippen LogP contribution in [0.25, 0.3) is 0 Å². The van der Waals surface area contributed by atoms with E-state index in [9.17, 15) is 19.3 Å². The second-order valence-electron chi connectivity index (χ2n) is 5.87. The zero-order chi connectivity index (χ0) is 19.6. The van der Waals surface area contributed by atoms with Crippen LogP contribution >= 0.6 is 11.6 Å². The maximum atomic E-state index is 13.1. The maximum absolute atomic E-state index is 13.1. The zero-order valence-corrected chi connectivity index (χ0v) is 14.9. The number of carbonyl (C=O) groups is 1. The lowest BCUT2D eigenvalue weighted by atomic mass is 10.1. The van der Waals surface area contributed by atoms with Gasteiger partial charge < -0.3 is 5.32 Å². The summed E-state index contributed by atoms with van der Waals surface area (Å²) in [6.07, 6.45) is 3.07. The number of nitro benzene ring substituents is 1. The Bertz CT molecular complexity index is 1040. The minimum atomic E-state index is -0.498. The van der Waals surface area contributed by atoms with Crippen LogP contribution in [0.2, 0.25) is 5.02 Å². The fraction of sp³-hybridized carbons (Fsp3) is 0.111. The monoisotopic (exact) mass is 388 g/mol. The summed E-state index contributed by atoms with van der Waals surface area (Å²) < 4.78 is 14.7. The fourth-order valence-electron chi connectivity index (χ4n) is 2.54. The Balaban J connectivity index is 1.71. The summed E-state index contributed by atoms with van der Waals surface area (Å²) in [4.78, 5) is 22.7. The summed E-state index contributed by atoms with van der Waals surface area (Å²) in [6.45, 7) is 1.88. The van der Waals surface area contributed by atoms with Gasteiger partial charge in [-0.2, -0.15) is 5.10 Å². The van der Waals surface area contributed by atoms with Crippen LogP contribution in [0.3, 0.4) is 0 Å². The van der Waals surface area contributed by atoms with Crippen LogP contribution < -0.4 is 5.32 Å². The molecule has 9 heteroatoms. The molecule has 27 heavy (non-hydrogen) atoms. The van der Waals surface area contributed by atoms with E-state index in [0.29, 0.717) is 28.9 Å². The van der Waals surface area contributed by atoms with Crippen molar-refractivity contribution in [3.63, 3.8) is 0 Å². The molecule has 1 amide bonds. The first-order valence-corrected chi connectivity index (χ1v) is 8.24. The predicted octanol–water partition coefficient (Wildman–Crippen LogP) is 4.19. The molecule has 1 N–H and O–H groups in total. The third-order valence-corrected chi connectivity index (χ3v) is 4.25. The van der Waals surface area contributed by atoms with Crippen molar-refractivity contribution < 1.29 is 14.1 Å². The van der Waals surface area contributed by atoms with Crippen molar-refractivity contribution in [1.29, 1.82) is 0 Å². The number of carbonyl (C=O) groups excluding carboxylic acids is 1. The highest BCUT2D eigenvalue weighted by Gasteiger charge is 2.14. The molecule has 0 atom stereocenters. The molecule has 0 radical (unpaired) electrons. The molecule has 0 aliphatic rings. The SMILES string of the molecule is Cc1cc(C(=O)Nc2cnn(Cc3ccc(F)cc3Cl)c2)ccc1[N+](=O)[O-]. The van der Waals surface area contributed by atoms with E-state index in [-0.39, 0.29) is 10.7 Å². The van der Waals surface area contributed by atoms with Crippen LogP contribution in [0.15, 0.2) is 48.8 Å². The van der Waals surface area contributed by atoms with Crippen molar-refractivity contribution in [3.8, 4) is 0 Å². The lowest BCUT2D eigenvalue weighted by Crippen LogP contribution is -2.12. The Kier molecular flexibility index (Phi) is 5.18. The highest BCUT2D eigenvalue weighted by molar-refractivity contribution is 6.31. The van der Waals surface area contributed by atoms with E-state index in [0.717, 1.165) is 0 Å². The maximum Gasteiger partial charge on any atom is 0.272 e. The number of amides is 1. The summed E-state index contributed by atoms with van der Waals surface area (Å²) in [5.74, 6) is -0.831. The first kappa shape index (κ1) is 18.5. The van der Waals surface area contributed by atoms with Gasteiger partial charge in [-0.25, -0.2) is 4.39 Å². The Labute approximate surface area is 158 Å². The van der Waals surface area contributed by atoms with E-state index in [1.807, 2.05) is 0 Å². The number of aryl methyl sites for hydroxylation is 1. The van der Waals surface area contributed by atoms with E-state index in [2.05, 4.69) is 10.4 Å². The van der Waals surface area contributed by atoms with Crippen LogP contribution in [0.4, 0.5) is 15.8 Å². The van der Waals surface area contributed by atoms with Crippen LogP contribution in [0, 0.1) is 22.9 Å². The molecule has 0 unspecified atom stereocenters. The van der Waals surface area contributed by atoms with Crippen LogP contribution in [0.1, 0.15) is 21.5 Å². The number of hydrogen-bond donors (Lipinski definition) is 1. The summed E-state index contributed by atoms with van der Waals surface area (Å²) in [5, 5.41) is 18.0. The molecule has 7 nitrogen and oxygen atoms in total. The normalized spacial score (nSPS) is 10.6. The van der Waals surface area contributed by atoms with Crippen molar-refractivity contribution in [2.24, 2.45) is 0 Å². The second kappa shape index (κ2) is 7.55. The van der Waals surface area contributed by atoms with Crippen molar-refractivity contribution >= 4 is 28.9 Å². The van der Waals surface area contributed by atoms with Gasteiger partial charge >= 0.3 is 0 Å². The molecule has 2 aromatic carbocycles. The Morgan fingerprint density at radius 2 is 2.11 bits per heavy atom. The molecule has 1 heterocycles. The largest absolute Gasteiger partial charge is 0.319 e. The zero-order valence-electron chi connectivity index (χ0n) is 14.1. The highest BCUT2D eigenvalue weighted by atomic mass is 35.5. The standard InChI is InChI=1S/C18H14ClFN4O3/c1-11-6-12(3-5-17(11)24(26)27)18(25)22-15-8-21-23(10-15)9-13-2-4-14(20)7-16(13)19/h2-8,10H,9H2,1H3,(H,22,25). The first-order valence-electron chi connectivity index (χ1n) is 7.86. The van der Waals surface area contributed by atoms with Crippen molar-refractivity contribution in [1.82, 2.24) is 9.78 Å². The molecule has 3 rings (SSSR count). The number of nitro groups is 1. The van der Waals surface area contributed by atoms with Gasteiger partial charge in [0.05, 0.1) is 23.4 Å². The van der Waals surface area contributed by atoms with Gasteiger partial charge in [0.2, 0.25) is 0 Å². The number of nitrogens with zero attached hydrogens (tertiary/aromatic N) is 3. The molecule has 0 bridgehead atoms. The summed E-state index contributed by atoms with van der Waals surface area (Å²) >= 11 is 6.00. The van der Waals surface area contributed by atoms with E-state index < -0.39 is 16.6 Å². The number of anilines is 1. The molecular weight excluding hydrogens is 375 g/mol. The van der Waals surface area contributed by atoms with Gasteiger partial charge in [0.25, 0.3) is 11.6 Å². The minimum Gasteiger partial charge on any atom is -0.319 e. The van der Waals surface area contributed by atoms with Crippen LogP contribution in [-0.2, 0) is 6.54 Å². The minimum absolute atomic E-state index is 0.0458. The lowest BCUT2D eigenvalue weighted by molar-refractivity contribution is -0.385. The number of aromatic nitrogens is 2. The molecule has 0 fully saturated rings. The molecule has 3 aromatic rings. The topological polar surface area (TPSA) is 90.1 Å². The van der Waals surface area contributed by atoms with Gasteiger partial charge in [0, 0.05) is 28.4 Å². The second-order valence-corrected chi connectivity index (χ2v) is 6.28. The molecule has 138 valence electrons. The number of halogens is 2. The molecule has 0 spiro atoms. The van der Waals surface area contributed by atoms with E-state index in [1.165, 1.54) is 36.5 Å². The average molecular weight is 389 g/mol. The van der Waals surface area contributed by atoms with E-state index >= 15 is 0 Å². The van der Waals surface area contributed by atoms with Gasteiger partial charge in [-0.1, -0.05) is 17.7 Å². The summed E-state index contributed by atoms with van der Waals surface area (Å²) in [7, 11) is 0. The van der Waals surface area contributed by atoms with Crippen molar-refractivity contribution in [2.45, 2.75) is 13.5 Å². The molecular formula is C18H14ClFN4O3. The van der Waals surface area contributed by atoms with Crippen LogP contribution in [0.5, 0.6) is 0 Å². The average Bonchev–Trinajstić information content (AvgIpc) is 3.04. The van der Waals surface area contributed by atoms with Gasteiger partial charge in [-0.15, -0.1) is 0 Å². The van der Waals surface area contributed by atoms with Crippen molar-refractivity contribution in [2.75, 3.05) is 5.32 Å². The van der Waals surface area contributed by atoms with Crippen LogP contribution in [-0.4, -0.2) is 20.6 Å². The quantitative estimate of drug-likeness (QED) is 0.524. The van der Waals surface area contributed by atoms with Crippen molar-refractivity contribution in [3.05, 3.63) is 86.4 Å². The fourth-order valence-corrected chi connectivity index (χ4v) is 2.77. The number of hydrogen-bond acceptors (Lipinski definition) is 4. The molecule has 1 aromatic heterocycles. The predicted molar refractivity (Wildman–Crippen MR) is 98.5 cm³/mol. The summed E-state index contributed by atoms with van der Waals surface area (Å²) in [6, 6.07) is 8.24. The molecule has 0 saturated carbocycles. The summed E-state index contributed by atoms with van der Waals surface area (Å²) in [5.41, 5.74) is 1.79. The van der Waals surface area contributed by atoms with E-state index in [4.69, 9.17) is 11.6 Å². The Hall–Kier alpha value is -3.26.